The summed E-state index contributed by atoms with van der Waals surface area (Å²) < 4.78 is 17.0. The second-order valence-electron chi connectivity index (χ2n) is 5.42. The molecule has 1 unspecified atom stereocenters. The lowest BCUT2D eigenvalue weighted by atomic mass is 10.1. The van der Waals surface area contributed by atoms with Gasteiger partial charge in [-0.3, -0.25) is 4.90 Å². The van der Waals surface area contributed by atoms with Crippen molar-refractivity contribution in [1.29, 1.82) is 0 Å². The van der Waals surface area contributed by atoms with E-state index >= 15 is 0 Å². The Labute approximate surface area is 142 Å². The van der Waals surface area contributed by atoms with Gasteiger partial charge in [0, 0.05) is 32.6 Å². The monoisotopic (exact) mass is 348 g/mol. The molecule has 0 amide bonds. The number of halogens is 2. The maximum absolute atomic E-state index is 6.33. The molecule has 0 bridgehead atoms. The summed E-state index contributed by atoms with van der Waals surface area (Å²) in [5, 5.41) is 0.619. The van der Waals surface area contributed by atoms with E-state index in [1.807, 2.05) is 12.1 Å². The van der Waals surface area contributed by atoms with Gasteiger partial charge in [-0.05, 0) is 17.7 Å². The fourth-order valence-electron chi connectivity index (χ4n) is 2.70. The van der Waals surface area contributed by atoms with E-state index in [9.17, 15) is 0 Å². The molecule has 2 heterocycles. The minimum atomic E-state index is 0. The molecule has 1 aromatic carbocycles. The van der Waals surface area contributed by atoms with Gasteiger partial charge >= 0.3 is 0 Å². The highest BCUT2D eigenvalue weighted by atomic mass is 35.5. The predicted molar refractivity (Wildman–Crippen MR) is 88.4 cm³/mol. The third-order valence-electron chi connectivity index (χ3n) is 3.75. The van der Waals surface area contributed by atoms with Crippen molar-refractivity contribution in [2.24, 2.45) is 5.73 Å². The number of benzene rings is 1. The quantitative estimate of drug-likeness (QED) is 0.906. The molecule has 22 heavy (non-hydrogen) atoms. The summed E-state index contributed by atoms with van der Waals surface area (Å²) in [5.41, 5.74) is 6.81. The first-order valence-corrected chi connectivity index (χ1v) is 7.76. The zero-order valence-electron chi connectivity index (χ0n) is 12.4. The van der Waals surface area contributed by atoms with Crippen LogP contribution in [-0.2, 0) is 11.3 Å². The van der Waals surface area contributed by atoms with Gasteiger partial charge in [-0.25, -0.2) is 0 Å². The Morgan fingerprint density at radius 2 is 2.05 bits per heavy atom. The zero-order chi connectivity index (χ0) is 14.7. The van der Waals surface area contributed by atoms with Crippen molar-refractivity contribution >= 4 is 24.0 Å². The van der Waals surface area contributed by atoms with E-state index in [-0.39, 0.29) is 18.5 Å². The fraction of sp³-hybridized carbons (Fsp3) is 0.600. The second-order valence-corrected chi connectivity index (χ2v) is 5.83. The molecule has 1 saturated heterocycles. The maximum Gasteiger partial charge on any atom is 0.179 e. The summed E-state index contributed by atoms with van der Waals surface area (Å²) in [5.74, 6) is 1.42. The van der Waals surface area contributed by atoms with E-state index in [0.717, 1.165) is 44.0 Å². The fourth-order valence-corrected chi connectivity index (χ4v) is 2.99. The molecule has 2 aliphatic heterocycles. The normalized spacial score (nSPS) is 21.8. The van der Waals surface area contributed by atoms with Crippen LogP contribution >= 0.6 is 24.0 Å². The van der Waals surface area contributed by atoms with Crippen LogP contribution in [0.2, 0.25) is 5.02 Å². The lowest BCUT2D eigenvalue weighted by molar-refractivity contribution is -0.0260. The van der Waals surface area contributed by atoms with Crippen molar-refractivity contribution in [3.8, 4) is 11.5 Å². The van der Waals surface area contributed by atoms with Crippen LogP contribution < -0.4 is 15.2 Å². The highest BCUT2D eigenvalue weighted by Gasteiger charge is 2.21. The molecule has 7 heteroatoms. The molecule has 124 valence electrons. The Kier molecular flexibility index (Phi) is 6.59. The van der Waals surface area contributed by atoms with E-state index in [2.05, 4.69) is 4.90 Å². The molecule has 0 aromatic heterocycles. The Morgan fingerprint density at radius 3 is 2.86 bits per heavy atom. The van der Waals surface area contributed by atoms with Gasteiger partial charge in [0.1, 0.15) is 0 Å². The zero-order valence-corrected chi connectivity index (χ0v) is 14.0. The molecule has 1 fully saturated rings. The van der Waals surface area contributed by atoms with Gasteiger partial charge in [0.05, 0.1) is 30.9 Å². The Balaban J connectivity index is 0.00000176. The van der Waals surface area contributed by atoms with Crippen molar-refractivity contribution in [1.82, 2.24) is 4.90 Å². The van der Waals surface area contributed by atoms with Gasteiger partial charge in [-0.2, -0.15) is 0 Å². The number of ether oxygens (including phenoxy) is 3. The molecule has 0 spiro atoms. The summed E-state index contributed by atoms with van der Waals surface area (Å²) >= 11 is 6.33. The van der Waals surface area contributed by atoms with E-state index in [1.54, 1.807) is 0 Å². The van der Waals surface area contributed by atoms with Gasteiger partial charge in [-0.15, -0.1) is 12.4 Å². The van der Waals surface area contributed by atoms with E-state index in [4.69, 9.17) is 31.5 Å². The van der Waals surface area contributed by atoms with Crippen LogP contribution in [0.5, 0.6) is 11.5 Å². The molecular formula is C15H22Cl2N2O3. The van der Waals surface area contributed by atoms with E-state index < -0.39 is 0 Å². The molecule has 0 aliphatic carbocycles. The highest BCUT2D eigenvalue weighted by Crippen LogP contribution is 2.38. The molecule has 0 radical (unpaired) electrons. The Morgan fingerprint density at radius 1 is 1.23 bits per heavy atom. The Hall–Kier alpha value is -0.720. The molecule has 5 nitrogen and oxygen atoms in total. The molecular weight excluding hydrogens is 327 g/mol. The molecule has 2 N–H and O–H groups in total. The van der Waals surface area contributed by atoms with Gasteiger partial charge in [0.25, 0.3) is 0 Å². The average Bonchev–Trinajstić information content (AvgIpc) is 2.73. The number of morpholine rings is 1. The molecule has 3 rings (SSSR count). The molecule has 1 aromatic rings. The SMILES string of the molecule is Cl.NCC1CN(Cc2cc(Cl)c3c(c2)OCCCO3)CCO1. The number of nitrogens with two attached hydrogens (primary N) is 1. The van der Waals surface area contributed by atoms with Crippen molar-refractivity contribution in [2.75, 3.05) is 39.5 Å². The topological polar surface area (TPSA) is 57.0 Å². The van der Waals surface area contributed by atoms with Crippen molar-refractivity contribution in [2.45, 2.75) is 19.1 Å². The Bertz CT molecular complexity index is 502. The largest absolute Gasteiger partial charge is 0.489 e. The first-order chi connectivity index (χ1) is 10.3. The summed E-state index contributed by atoms with van der Waals surface area (Å²) in [6, 6.07) is 3.99. The van der Waals surface area contributed by atoms with Crippen molar-refractivity contribution in [3.63, 3.8) is 0 Å². The van der Waals surface area contributed by atoms with Crippen LogP contribution in [0.15, 0.2) is 12.1 Å². The van der Waals surface area contributed by atoms with Crippen LogP contribution in [-0.4, -0.2) is 50.5 Å². The first-order valence-electron chi connectivity index (χ1n) is 7.38. The number of nitrogens with zero attached hydrogens (tertiary/aromatic N) is 1. The number of hydrogen-bond acceptors (Lipinski definition) is 5. The summed E-state index contributed by atoms with van der Waals surface area (Å²) in [4.78, 5) is 2.33. The highest BCUT2D eigenvalue weighted by molar-refractivity contribution is 6.32. The lowest BCUT2D eigenvalue weighted by Crippen LogP contribution is -2.45. The minimum absolute atomic E-state index is 0. The number of fused-ring (bicyclic) bond motifs is 1. The predicted octanol–water partition coefficient (Wildman–Crippen LogP) is 2.08. The van der Waals surface area contributed by atoms with Crippen LogP contribution in [0.25, 0.3) is 0 Å². The molecule has 1 atom stereocenters. The summed E-state index contributed by atoms with van der Waals surface area (Å²) in [6.45, 7) is 5.16. The van der Waals surface area contributed by atoms with Crippen LogP contribution in [0.1, 0.15) is 12.0 Å². The van der Waals surface area contributed by atoms with E-state index in [1.165, 1.54) is 0 Å². The van der Waals surface area contributed by atoms with Gasteiger partial charge in [0.2, 0.25) is 0 Å². The number of hydrogen-bond donors (Lipinski definition) is 1. The minimum Gasteiger partial charge on any atom is -0.489 e. The standard InChI is InChI=1S/C15H21ClN2O3.ClH/c16-13-6-11(7-14-15(13)21-4-1-3-20-14)9-18-2-5-19-12(8-17)10-18;/h6-7,12H,1-5,8-10,17H2;1H. The number of rotatable bonds is 3. The van der Waals surface area contributed by atoms with Gasteiger partial charge < -0.3 is 19.9 Å². The first kappa shape index (κ1) is 17.6. The third-order valence-corrected chi connectivity index (χ3v) is 4.03. The van der Waals surface area contributed by atoms with E-state index in [0.29, 0.717) is 30.5 Å². The smallest absolute Gasteiger partial charge is 0.179 e. The van der Waals surface area contributed by atoms with Gasteiger partial charge in [-0.1, -0.05) is 11.6 Å². The van der Waals surface area contributed by atoms with Gasteiger partial charge in [0.15, 0.2) is 11.5 Å². The lowest BCUT2D eigenvalue weighted by Gasteiger charge is -2.32. The maximum atomic E-state index is 6.33. The third kappa shape index (κ3) is 4.18. The molecule has 0 saturated carbocycles. The molecule has 2 aliphatic rings. The van der Waals surface area contributed by atoms with Crippen molar-refractivity contribution in [3.05, 3.63) is 22.7 Å². The second kappa shape index (κ2) is 8.22. The van der Waals surface area contributed by atoms with Crippen molar-refractivity contribution < 1.29 is 14.2 Å². The van der Waals surface area contributed by atoms with Crippen LogP contribution in [0, 0.1) is 0 Å². The van der Waals surface area contributed by atoms with Crippen LogP contribution in [0.3, 0.4) is 0 Å². The summed E-state index contributed by atoms with van der Waals surface area (Å²) in [7, 11) is 0. The van der Waals surface area contributed by atoms with Crippen LogP contribution in [0.4, 0.5) is 0 Å². The summed E-state index contributed by atoms with van der Waals surface area (Å²) in [6.07, 6.45) is 0.997. The average molecular weight is 349 g/mol.